The number of rotatable bonds is 5. The molecule has 0 unspecified atom stereocenters. The van der Waals surface area contributed by atoms with Crippen LogP contribution in [0.4, 0.5) is 5.82 Å². The quantitative estimate of drug-likeness (QED) is 0.851. The Kier molecular flexibility index (Phi) is 5.15. The molecule has 0 aromatic carbocycles. The molecule has 1 aliphatic heterocycles. The summed E-state index contributed by atoms with van der Waals surface area (Å²) in [6, 6.07) is 5.02. The van der Waals surface area contributed by atoms with Crippen molar-refractivity contribution < 1.29 is 9.90 Å². The molecule has 2 rings (SSSR count). The SMILES string of the molecule is O=C(O)c1cccc(NCCN2CCCCCC2)n1. The van der Waals surface area contributed by atoms with Crippen LogP contribution in [-0.2, 0) is 0 Å². The molecule has 1 aliphatic rings. The van der Waals surface area contributed by atoms with E-state index in [1.54, 1.807) is 12.1 Å². The van der Waals surface area contributed by atoms with Gasteiger partial charge < -0.3 is 15.3 Å². The number of nitrogens with one attached hydrogen (secondary N) is 1. The number of hydrogen-bond donors (Lipinski definition) is 2. The molecular formula is C14H21N3O2. The third-order valence-corrected chi connectivity index (χ3v) is 3.40. The largest absolute Gasteiger partial charge is 0.477 e. The van der Waals surface area contributed by atoms with Crippen LogP contribution in [-0.4, -0.2) is 47.1 Å². The zero-order chi connectivity index (χ0) is 13.5. The van der Waals surface area contributed by atoms with E-state index < -0.39 is 5.97 Å². The van der Waals surface area contributed by atoms with Crippen LogP contribution in [0.1, 0.15) is 36.2 Å². The number of nitrogens with zero attached hydrogens (tertiary/aromatic N) is 2. The van der Waals surface area contributed by atoms with Crippen molar-refractivity contribution in [3.63, 3.8) is 0 Å². The molecule has 104 valence electrons. The van der Waals surface area contributed by atoms with Crippen molar-refractivity contribution in [3.05, 3.63) is 23.9 Å². The van der Waals surface area contributed by atoms with Crippen molar-refractivity contribution in [1.82, 2.24) is 9.88 Å². The fourth-order valence-corrected chi connectivity index (χ4v) is 2.35. The summed E-state index contributed by atoms with van der Waals surface area (Å²) >= 11 is 0. The highest BCUT2D eigenvalue weighted by Gasteiger charge is 2.09. The first kappa shape index (κ1) is 13.8. The second-order valence-electron chi connectivity index (χ2n) is 4.90. The maximum atomic E-state index is 10.8. The lowest BCUT2D eigenvalue weighted by Crippen LogP contribution is -2.30. The van der Waals surface area contributed by atoms with Crippen LogP contribution >= 0.6 is 0 Å². The molecule has 5 heteroatoms. The number of pyridine rings is 1. The number of hydrogen-bond acceptors (Lipinski definition) is 4. The molecule has 0 atom stereocenters. The average Bonchev–Trinajstić information content (AvgIpc) is 2.68. The Morgan fingerprint density at radius 2 is 2.00 bits per heavy atom. The summed E-state index contributed by atoms with van der Waals surface area (Å²) in [5, 5.41) is 12.1. The van der Waals surface area contributed by atoms with Gasteiger partial charge >= 0.3 is 5.97 Å². The average molecular weight is 263 g/mol. The molecule has 2 N–H and O–H groups in total. The van der Waals surface area contributed by atoms with Crippen LogP contribution in [0.25, 0.3) is 0 Å². The number of aromatic carboxylic acids is 1. The van der Waals surface area contributed by atoms with Gasteiger partial charge in [-0.3, -0.25) is 0 Å². The number of aromatic nitrogens is 1. The summed E-state index contributed by atoms with van der Waals surface area (Å²) in [5.74, 6) is -0.356. The van der Waals surface area contributed by atoms with Gasteiger partial charge in [-0.15, -0.1) is 0 Å². The summed E-state index contributed by atoms with van der Waals surface area (Å²) in [6.45, 7) is 4.13. The fraction of sp³-hybridized carbons (Fsp3) is 0.571. The normalized spacial score (nSPS) is 16.8. The first-order chi connectivity index (χ1) is 9.25. The van der Waals surface area contributed by atoms with Crippen LogP contribution in [0.15, 0.2) is 18.2 Å². The first-order valence-corrected chi connectivity index (χ1v) is 6.92. The summed E-state index contributed by atoms with van der Waals surface area (Å²) in [7, 11) is 0. The second-order valence-corrected chi connectivity index (χ2v) is 4.90. The van der Waals surface area contributed by atoms with E-state index in [2.05, 4.69) is 15.2 Å². The second kappa shape index (κ2) is 7.09. The molecule has 0 saturated carbocycles. The Hall–Kier alpha value is -1.62. The minimum Gasteiger partial charge on any atom is -0.477 e. The number of likely N-dealkylation sites (tertiary alicyclic amines) is 1. The van der Waals surface area contributed by atoms with Gasteiger partial charge in [-0.2, -0.15) is 0 Å². The molecule has 1 fully saturated rings. The maximum absolute atomic E-state index is 10.8. The lowest BCUT2D eigenvalue weighted by atomic mass is 10.2. The topological polar surface area (TPSA) is 65.5 Å². The van der Waals surface area contributed by atoms with E-state index in [9.17, 15) is 4.79 Å². The summed E-state index contributed by atoms with van der Waals surface area (Å²) in [4.78, 5) is 17.3. The Balaban J connectivity index is 1.78. The molecular weight excluding hydrogens is 242 g/mol. The van der Waals surface area contributed by atoms with E-state index >= 15 is 0 Å². The van der Waals surface area contributed by atoms with E-state index in [1.807, 2.05) is 0 Å². The molecule has 2 heterocycles. The molecule has 1 aromatic heterocycles. The first-order valence-electron chi connectivity index (χ1n) is 6.92. The number of anilines is 1. The van der Waals surface area contributed by atoms with Gasteiger partial charge in [0.25, 0.3) is 0 Å². The van der Waals surface area contributed by atoms with Crippen molar-refractivity contribution in [2.75, 3.05) is 31.5 Å². The molecule has 5 nitrogen and oxygen atoms in total. The number of carboxylic acid groups (broad SMARTS) is 1. The molecule has 0 aliphatic carbocycles. The summed E-state index contributed by atoms with van der Waals surface area (Å²) in [5.41, 5.74) is 0.0831. The Morgan fingerprint density at radius 3 is 2.68 bits per heavy atom. The molecule has 0 amide bonds. The third kappa shape index (κ3) is 4.52. The van der Waals surface area contributed by atoms with Crippen molar-refractivity contribution in [1.29, 1.82) is 0 Å². The van der Waals surface area contributed by atoms with Crippen LogP contribution in [0.2, 0.25) is 0 Å². The van der Waals surface area contributed by atoms with E-state index in [4.69, 9.17) is 5.11 Å². The van der Waals surface area contributed by atoms with Crippen LogP contribution in [0, 0.1) is 0 Å². The zero-order valence-electron chi connectivity index (χ0n) is 11.1. The van der Waals surface area contributed by atoms with Crippen molar-refractivity contribution in [2.45, 2.75) is 25.7 Å². The van der Waals surface area contributed by atoms with E-state index in [0.717, 1.165) is 13.1 Å². The Labute approximate surface area is 113 Å². The van der Waals surface area contributed by atoms with Crippen molar-refractivity contribution in [3.8, 4) is 0 Å². The van der Waals surface area contributed by atoms with Gasteiger partial charge in [0.15, 0.2) is 5.69 Å². The monoisotopic (exact) mass is 263 g/mol. The van der Waals surface area contributed by atoms with Gasteiger partial charge in [-0.05, 0) is 38.1 Å². The highest BCUT2D eigenvalue weighted by molar-refractivity contribution is 5.85. The van der Waals surface area contributed by atoms with E-state index in [1.165, 1.54) is 44.8 Å². The molecule has 1 saturated heterocycles. The molecule has 0 spiro atoms. The lowest BCUT2D eigenvalue weighted by Gasteiger charge is -2.19. The zero-order valence-corrected chi connectivity index (χ0v) is 11.1. The number of carbonyl (C=O) groups is 1. The van der Waals surface area contributed by atoms with Gasteiger partial charge in [0.05, 0.1) is 0 Å². The van der Waals surface area contributed by atoms with Gasteiger partial charge in [0, 0.05) is 13.1 Å². The maximum Gasteiger partial charge on any atom is 0.354 e. The molecule has 0 radical (unpaired) electrons. The predicted octanol–water partition coefficient (Wildman–Crippen LogP) is 2.07. The third-order valence-electron chi connectivity index (χ3n) is 3.40. The van der Waals surface area contributed by atoms with Crippen LogP contribution in [0.5, 0.6) is 0 Å². The Bertz CT molecular complexity index is 415. The van der Waals surface area contributed by atoms with Crippen molar-refractivity contribution >= 4 is 11.8 Å². The summed E-state index contributed by atoms with van der Waals surface area (Å²) < 4.78 is 0. The smallest absolute Gasteiger partial charge is 0.354 e. The Morgan fingerprint density at radius 1 is 1.26 bits per heavy atom. The van der Waals surface area contributed by atoms with Crippen molar-refractivity contribution in [2.24, 2.45) is 0 Å². The van der Waals surface area contributed by atoms with E-state index in [-0.39, 0.29) is 5.69 Å². The fourth-order valence-electron chi connectivity index (χ4n) is 2.35. The van der Waals surface area contributed by atoms with Crippen LogP contribution < -0.4 is 5.32 Å². The lowest BCUT2D eigenvalue weighted by molar-refractivity contribution is 0.0690. The predicted molar refractivity (Wildman–Crippen MR) is 74.6 cm³/mol. The van der Waals surface area contributed by atoms with Gasteiger partial charge in [-0.1, -0.05) is 18.9 Å². The summed E-state index contributed by atoms with van der Waals surface area (Å²) in [6.07, 6.45) is 5.25. The standard InChI is InChI=1S/C14H21N3O2/c18-14(19)12-6-5-7-13(16-12)15-8-11-17-9-3-1-2-4-10-17/h5-7H,1-4,8-11H2,(H,15,16)(H,18,19). The highest BCUT2D eigenvalue weighted by atomic mass is 16.4. The minimum absolute atomic E-state index is 0.0831. The molecule has 1 aromatic rings. The van der Waals surface area contributed by atoms with E-state index in [0.29, 0.717) is 5.82 Å². The van der Waals surface area contributed by atoms with Gasteiger partial charge in [0.1, 0.15) is 5.82 Å². The van der Waals surface area contributed by atoms with Crippen LogP contribution in [0.3, 0.4) is 0 Å². The number of carboxylic acids is 1. The molecule has 19 heavy (non-hydrogen) atoms. The van der Waals surface area contributed by atoms with Gasteiger partial charge in [0.2, 0.25) is 0 Å². The highest BCUT2D eigenvalue weighted by Crippen LogP contribution is 2.09. The minimum atomic E-state index is -0.990. The van der Waals surface area contributed by atoms with Gasteiger partial charge in [-0.25, -0.2) is 9.78 Å². The molecule has 0 bridgehead atoms.